The quantitative estimate of drug-likeness (QED) is 0.812. The van der Waals surface area contributed by atoms with Crippen molar-refractivity contribution >= 4 is 11.3 Å². The van der Waals surface area contributed by atoms with Crippen LogP contribution in [0.4, 0.5) is 4.39 Å². The highest BCUT2D eigenvalue weighted by Gasteiger charge is 2.02. The molecule has 0 aliphatic heterocycles. The number of hydrogen-bond donors (Lipinski definition) is 2. The maximum Gasteiger partial charge on any atom is 0.181 e. The molecule has 0 aliphatic rings. The van der Waals surface area contributed by atoms with E-state index in [0.29, 0.717) is 5.75 Å². The van der Waals surface area contributed by atoms with Gasteiger partial charge in [0.25, 0.3) is 0 Å². The number of thiophene rings is 1. The van der Waals surface area contributed by atoms with Crippen LogP contribution in [0.2, 0.25) is 0 Å². The molecular weight excluding hydrogens is 291 g/mol. The van der Waals surface area contributed by atoms with Gasteiger partial charge in [0.15, 0.2) is 5.06 Å². The maximum absolute atomic E-state index is 12.7. The van der Waals surface area contributed by atoms with Gasteiger partial charge in [0.2, 0.25) is 0 Å². The van der Waals surface area contributed by atoms with E-state index in [-0.39, 0.29) is 5.82 Å². The zero-order valence-electron chi connectivity index (χ0n) is 12.7. The van der Waals surface area contributed by atoms with Crippen molar-refractivity contribution in [1.82, 2.24) is 0 Å². The summed E-state index contributed by atoms with van der Waals surface area (Å²) in [6.07, 6.45) is 2.22. The SMILES string of the molecule is CC.CCCc1ccc(Oc2ccc(F)cc2)s1.OCO. The number of aliphatic hydroxyl groups excluding tert-OH is 1. The molecule has 0 aliphatic carbocycles. The molecule has 0 amide bonds. The summed E-state index contributed by atoms with van der Waals surface area (Å²) < 4.78 is 18.3. The lowest BCUT2D eigenvalue weighted by atomic mass is 10.3. The van der Waals surface area contributed by atoms with E-state index in [1.54, 1.807) is 23.5 Å². The number of ether oxygens (including phenoxy) is 1. The molecule has 3 nitrogen and oxygen atoms in total. The van der Waals surface area contributed by atoms with E-state index in [4.69, 9.17) is 14.9 Å². The molecule has 5 heteroatoms. The number of aliphatic hydroxyl groups is 2. The highest BCUT2D eigenvalue weighted by molar-refractivity contribution is 7.13. The third kappa shape index (κ3) is 8.45. The number of aryl methyl sites for hydroxylation is 1. The first kappa shape index (κ1) is 19.6. The van der Waals surface area contributed by atoms with Gasteiger partial charge < -0.3 is 14.9 Å². The van der Waals surface area contributed by atoms with Crippen LogP contribution in [0.1, 0.15) is 32.1 Å². The Bertz CT molecular complexity index is 469. The molecule has 1 heterocycles. The molecule has 0 bridgehead atoms. The second-order valence-corrected chi connectivity index (χ2v) is 4.80. The maximum atomic E-state index is 12.7. The minimum Gasteiger partial charge on any atom is -0.447 e. The van der Waals surface area contributed by atoms with E-state index in [0.717, 1.165) is 17.9 Å². The molecule has 2 N–H and O–H groups in total. The van der Waals surface area contributed by atoms with Crippen molar-refractivity contribution in [2.24, 2.45) is 0 Å². The fourth-order valence-corrected chi connectivity index (χ4v) is 2.39. The summed E-state index contributed by atoms with van der Waals surface area (Å²) in [6.45, 7) is 5.40. The predicted octanol–water partition coefficient (Wildman–Crippen LogP) is 4.59. The van der Waals surface area contributed by atoms with Crippen LogP contribution in [0, 0.1) is 5.82 Å². The first-order valence-electron chi connectivity index (χ1n) is 6.93. The fourth-order valence-electron chi connectivity index (χ4n) is 1.41. The first-order valence-corrected chi connectivity index (χ1v) is 7.75. The van der Waals surface area contributed by atoms with Crippen LogP contribution in [0.25, 0.3) is 0 Å². The van der Waals surface area contributed by atoms with E-state index in [2.05, 4.69) is 13.0 Å². The molecule has 0 saturated heterocycles. The number of hydrogen-bond acceptors (Lipinski definition) is 4. The zero-order valence-corrected chi connectivity index (χ0v) is 13.5. The summed E-state index contributed by atoms with van der Waals surface area (Å²) in [4.78, 5) is 1.32. The first-order chi connectivity index (χ1) is 10.2. The van der Waals surface area contributed by atoms with Gasteiger partial charge in [0, 0.05) is 4.88 Å². The molecule has 1 aromatic heterocycles. The van der Waals surface area contributed by atoms with E-state index >= 15 is 0 Å². The van der Waals surface area contributed by atoms with E-state index in [9.17, 15) is 4.39 Å². The molecule has 118 valence electrons. The lowest BCUT2D eigenvalue weighted by molar-refractivity contribution is 0.0773. The van der Waals surface area contributed by atoms with Gasteiger partial charge in [-0.3, -0.25) is 0 Å². The summed E-state index contributed by atoms with van der Waals surface area (Å²) in [5.41, 5.74) is 0. The van der Waals surface area contributed by atoms with Gasteiger partial charge in [0.05, 0.1) is 0 Å². The van der Waals surface area contributed by atoms with Crippen molar-refractivity contribution in [1.29, 1.82) is 0 Å². The van der Waals surface area contributed by atoms with Crippen LogP contribution >= 0.6 is 11.3 Å². The molecule has 0 unspecified atom stereocenters. The van der Waals surface area contributed by atoms with Crippen molar-refractivity contribution in [3.63, 3.8) is 0 Å². The minimum atomic E-state index is -0.750. The Labute approximate surface area is 129 Å². The largest absolute Gasteiger partial charge is 0.447 e. The topological polar surface area (TPSA) is 49.7 Å². The summed E-state index contributed by atoms with van der Waals surface area (Å²) in [6, 6.07) is 10.1. The Morgan fingerprint density at radius 1 is 1.05 bits per heavy atom. The molecule has 0 radical (unpaired) electrons. The molecule has 0 atom stereocenters. The second-order valence-electron chi connectivity index (χ2n) is 3.67. The second kappa shape index (κ2) is 12.3. The Hall–Kier alpha value is -1.43. The van der Waals surface area contributed by atoms with Gasteiger partial charge in [-0.25, -0.2) is 4.39 Å². The number of rotatable bonds is 4. The Balaban J connectivity index is 0.000000713. The lowest BCUT2D eigenvalue weighted by Gasteiger charge is -2.01. The zero-order chi connectivity index (χ0) is 16.1. The van der Waals surface area contributed by atoms with Crippen LogP contribution in [0.5, 0.6) is 10.8 Å². The fraction of sp³-hybridized carbons (Fsp3) is 0.375. The summed E-state index contributed by atoms with van der Waals surface area (Å²) in [5, 5.41) is 15.1. The van der Waals surface area contributed by atoms with Crippen LogP contribution in [0.3, 0.4) is 0 Å². The van der Waals surface area contributed by atoms with Crippen molar-refractivity contribution in [3.05, 3.63) is 47.1 Å². The lowest BCUT2D eigenvalue weighted by Crippen LogP contribution is -1.80. The molecular formula is C16H23FO3S. The third-order valence-corrected chi connectivity index (χ3v) is 3.19. The van der Waals surface area contributed by atoms with Crippen LogP contribution in [0.15, 0.2) is 36.4 Å². The highest BCUT2D eigenvalue weighted by atomic mass is 32.1. The van der Waals surface area contributed by atoms with Crippen LogP contribution < -0.4 is 4.74 Å². The van der Waals surface area contributed by atoms with Crippen LogP contribution in [-0.4, -0.2) is 17.0 Å². The molecule has 2 aromatic rings. The smallest absolute Gasteiger partial charge is 0.181 e. The third-order valence-electron chi connectivity index (χ3n) is 2.17. The number of halogens is 1. The summed E-state index contributed by atoms with van der Waals surface area (Å²) in [7, 11) is 0. The highest BCUT2D eigenvalue weighted by Crippen LogP contribution is 2.30. The van der Waals surface area contributed by atoms with Crippen LogP contribution in [-0.2, 0) is 6.42 Å². The van der Waals surface area contributed by atoms with Gasteiger partial charge in [-0.1, -0.05) is 27.2 Å². The Kier molecular flexibility index (Phi) is 11.5. The molecule has 0 saturated carbocycles. The average molecular weight is 314 g/mol. The van der Waals surface area contributed by atoms with Crippen molar-refractivity contribution in [2.75, 3.05) is 6.79 Å². The van der Waals surface area contributed by atoms with E-state index in [1.165, 1.54) is 17.0 Å². The molecule has 0 fully saturated rings. The van der Waals surface area contributed by atoms with Gasteiger partial charge in [-0.2, -0.15) is 0 Å². The van der Waals surface area contributed by atoms with E-state index in [1.807, 2.05) is 19.9 Å². The van der Waals surface area contributed by atoms with Gasteiger partial charge >= 0.3 is 0 Å². The molecule has 0 spiro atoms. The molecule has 21 heavy (non-hydrogen) atoms. The van der Waals surface area contributed by atoms with Gasteiger partial charge in [-0.05, 0) is 42.8 Å². The van der Waals surface area contributed by atoms with Crippen molar-refractivity contribution in [3.8, 4) is 10.8 Å². The normalized spacial score (nSPS) is 9.05. The molecule has 2 rings (SSSR count). The predicted molar refractivity (Wildman–Crippen MR) is 85.4 cm³/mol. The minimum absolute atomic E-state index is 0.245. The van der Waals surface area contributed by atoms with Crippen molar-refractivity contribution < 1.29 is 19.3 Å². The van der Waals surface area contributed by atoms with Crippen molar-refractivity contribution in [2.45, 2.75) is 33.6 Å². The Morgan fingerprint density at radius 3 is 2.14 bits per heavy atom. The Morgan fingerprint density at radius 2 is 1.62 bits per heavy atom. The van der Waals surface area contributed by atoms with Gasteiger partial charge in [-0.15, -0.1) is 11.3 Å². The monoisotopic (exact) mass is 314 g/mol. The number of benzene rings is 1. The van der Waals surface area contributed by atoms with Gasteiger partial charge in [0.1, 0.15) is 18.4 Å². The standard InChI is InChI=1S/C13H13FOS.C2H6.CH4O2/c1-2-3-12-8-9-13(16-12)15-11-6-4-10(14)5-7-11;1-2;2-1-3/h4-9H,2-3H2,1H3;1-2H3;2-3H,1H2. The summed E-state index contributed by atoms with van der Waals surface area (Å²) >= 11 is 1.64. The average Bonchev–Trinajstić information content (AvgIpc) is 2.92. The summed E-state index contributed by atoms with van der Waals surface area (Å²) in [5.74, 6) is 0.427. The van der Waals surface area contributed by atoms with E-state index < -0.39 is 6.79 Å². The molecule has 1 aromatic carbocycles.